The maximum Gasteiger partial charge on any atom is 0.780 e. The van der Waals surface area contributed by atoms with Crippen LogP contribution in [-0.4, -0.2) is 18.1 Å². The summed E-state index contributed by atoms with van der Waals surface area (Å²) in [6.45, 7) is 2.59. The Morgan fingerprint density at radius 2 is 2.20 bits per heavy atom. The zero-order valence-electron chi connectivity index (χ0n) is 2.47. The van der Waals surface area contributed by atoms with Gasteiger partial charge < -0.3 is 5.11 Å². The van der Waals surface area contributed by atoms with Gasteiger partial charge in [0.1, 0.15) is 6.79 Å². The van der Waals surface area contributed by atoms with Crippen molar-refractivity contribution >= 4 is 12.9 Å². The average Bonchev–Trinajstić information content (AvgIpc) is 1.38. The van der Waals surface area contributed by atoms with Crippen LogP contribution in [0.3, 0.4) is 0 Å². The summed E-state index contributed by atoms with van der Waals surface area (Å²) in [7, 11) is 0. The largest absolute Gasteiger partial charge is 0.780 e. The van der Waals surface area contributed by atoms with Crippen molar-refractivity contribution in [2.45, 2.75) is 0 Å². The molecule has 0 rings (SSSR count). The molecule has 5 heavy (non-hydrogen) atoms. The highest BCUT2D eigenvalue weighted by Crippen LogP contribution is 1.50. The van der Waals surface area contributed by atoms with Crippen molar-refractivity contribution in [1.82, 2.24) is 0 Å². The maximum atomic E-state index is 9.08. The van der Waals surface area contributed by atoms with Crippen molar-refractivity contribution in [1.29, 1.82) is 0 Å². The summed E-state index contributed by atoms with van der Waals surface area (Å²) in [5.74, 6) is 0. The Bertz CT molecular complexity index is 55.9. The fourth-order valence-corrected chi connectivity index (χ4v) is 0. The monoisotopic (exact) mass is 75.0 g/mol. The van der Waals surface area contributed by atoms with Gasteiger partial charge >= 0.3 is 6.16 Å². The normalized spacial score (nSPS) is 6.40. The van der Waals surface area contributed by atoms with E-state index in [-0.39, 0.29) is 0 Å². The first kappa shape index (κ1) is 4.14. The van der Waals surface area contributed by atoms with Crippen molar-refractivity contribution in [3.63, 3.8) is 0 Å². The summed E-state index contributed by atoms with van der Waals surface area (Å²) >= 11 is 0. The van der Waals surface area contributed by atoms with Crippen LogP contribution in [0.25, 0.3) is 0 Å². The Morgan fingerprint density at radius 1 is 2.00 bits per heavy atom. The summed E-state index contributed by atoms with van der Waals surface area (Å²) in [6.07, 6.45) is -1.36. The summed E-state index contributed by atoms with van der Waals surface area (Å²) in [5.41, 5.74) is 0. The second-order valence-corrected chi connectivity index (χ2v) is 0.410. The highest BCUT2D eigenvalue weighted by atomic mass is 16.6. The first-order valence-electron chi connectivity index (χ1n) is 0.921. The number of rotatable bonds is 0. The molecule has 0 saturated carbocycles. The molecule has 0 aromatic heterocycles. The van der Waals surface area contributed by atoms with E-state index in [0.29, 0.717) is 0 Å². The molecule has 0 aromatic carbocycles. The second-order valence-electron chi connectivity index (χ2n) is 0.410. The highest BCUT2D eigenvalue weighted by molar-refractivity contribution is 5.54. The van der Waals surface area contributed by atoms with E-state index in [1.165, 1.54) is 0 Å². The Labute approximate surface area is 28.5 Å². The van der Waals surface area contributed by atoms with E-state index in [9.17, 15) is 0 Å². The van der Waals surface area contributed by atoms with Crippen molar-refractivity contribution in [3.8, 4) is 0 Å². The Balaban J connectivity index is 3.20. The van der Waals surface area contributed by atoms with Gasteiger partial charge in [0.05, 0.1) is 0 Å². The molecular weight excluding hydrogens is 72.0 g/mol. The number of hydrogen-bond donors (Lipinski definition) is 1. The van der Waals surface area contributed by atoms with E-state index in [1.807, 2.05) is 0 Å². The zero-order chi connectivity index (χ0) is 4.28. The van der Waals surface area contributed by atoms with Gasteiger partial charge in [-0.05, 0) is 0 Å². The Hall–Kier alpha value is -0.860. The molecule has 3 heteroatoms. The molecule has 28 valence electrons. The lowest BCUT2D eigenvalue weighted by Crippen LogP contribution is -1.85. The van der Waals surface area contributed by atoms with Crippen molar-refractivity contribution in [2.24, 2.45) is 0 Å². The molecule has 0 fully saturated rings. The molecular formula is C2H3O3+. The number of carboxylic acid groups (broad SMARTS) is 1. The summed E-state index contributed by atoms with van der Waals surface area (Å²) in [5, 5.41) is 7.44. The smallest absolute Gasteiger partial charge is 0.332 e. The summed E-state index contributed by atoms with van der Waals surface area (Å²) in [6, 6.07) is 0. The fraction of sp³-hybridized carbons (Fsp3) is 0. The quantitative estimate of drug-likeness (QED) is 0.413. The molecule has 0 saturated heterocycles. The van der Waals surface area contributed by atoms with Crippen molar-refractivity contribution < 1.29 is 14.3 Å². The summed E-state index contributed by atoms with van der Waals surface area (Å²) in [4.78, 5) is 9.08. The first-order chi connectivity index (χ1) is 2.27. The summed E-state index contributed by atoms with van der Waals surface area (Å²) < 4.78 is 3.42. The van der Waals surface area contributed by atoms with Gasteiger partial charge in [-0.25, -0.2) is 0 Å². The molecule has 3 nitrogen and oxygen atoms in total. The minimum Gasteiger partial charge on any atom is -0.332 e. The number of carbonyl (C=O) groups is 1. The topological polar surface area (TPSA) is 48.6 Å². The van der Waals surface area contributed by atoms with Crippen LogP contribution in [-0.2, 0) is 4.42 Å². The Kier molecular flexibility index (Phi) is 1.21. The van der Waals surface area contributed by atoms with E-state index in [1.54, 1.807) is 0 Å². The van der Waals surface area contributed by atoms with Gasteiger partial charge in [0.25, 0.3) is 0 Å². The molecule has 0 amide bonds. The van der Waals surface area contributed by atoms with Crippen LogP contribution in [0.4, 0.5) is 4.79 Å². The average molecular weight is 75.0 g/mol. The second kappa shape index (κ2) is 1.46. The van der Waals surface area contributed by atoms with Crippen LogP contribution in [0.1, 0.15) is 0 Å². The van der Waals surface area contributed by atoms with Crippen LogP contribution in [0.15, 0.2) is 0 Å². The molecule has 0 spiro atoms. The minimum absolute atomic E-state index is 1.36. The van der Waals surface area contributed by atoms with Gasteiger partial charge in [-0.3, -0.25) is 4.42 Å². The lowest BCUT2D eigenvalue weighted by atomic mass is 11.4. The maximum absolute atomic E-state index is 9.08. The molecule has 1 N–H and O–H groups in total. The Morgan fingerprint density at radius 3 is 2.20 bits per heavy atom. The van der Waals surface area contributed by atoms with Gasteiger partial charge in [0, 0.05) is 4.79 Å². The molecule has 0 aliphatic carbocycles. The number of carbonyl (C=O) groups excluding carboxylic acids is 1. The lowest BCUT2D eigenvalue weighted by Gasteiger charge is -1.50. The third kappa shape index (κ3) is 3.14. The molecule has 0 unspecified atom stereocenters. The van der Waals surface area contributed by atoms with E-state index in [0.717, 1.165) is 0 Å². The molecule has 0 aromatic rings. The van der Waals surface area contributed by atoms with E-state index < -0.39 is 6.16 Å². The SMILES string of the molecule is C=[O+]C(=O)O. The van der Waals surface area contributed by atoms with Crippen LogP contribution in [0.2, 0.25) is 0 Å². The molecule has 0 heterocycles. The zero-order valence-corrected chi connectivity index (χ0v) is 2.47. The van der Waals surface area contributed by atoms with Crippen LogP contribution in [0.5, 0.6) is 0 Å². The molecule has 0 atom stereocenters. The highest BCUT2D eigenvalue weighted by Gasteiger charge is 1.97. The van der Waals surface area contributed by atoms with Crippen molar-refractivity contribution in [3.05, 3.63) is 0 Å². The van der Waals surface area contributed by atoms with E-state index in [2.05, 4.69) is 11.2 Å². The molecule has 0 aliphatic rings. The lowest BCUT2D eigenvalue weighted by molar-refractivity contribution is -0.353. The van der Waals surface area contributed by atoms with Crippen LogP contribution >= 0.6 is 0 Å². The van der Waals surface area contributed by atoms with Gasteiger partial charge in [0.2, 0.25) is 0 Å². The first-order valence-corrected chi connectivity index (χ1v) is 0.921. The van der Waals surface area contributed by atoms with Gasteiger partial charge in [-0.1, -0.05) is 0 Å². The van der Waals surface area contributed by atoms with Crippen LogP contribution < -0.4 is 0 Å². The van der Waals surface area contributed by atoms with E-state index >= 15 is 0 Å². The number of hydrogen-bond acceptors (Lipinski definition) is 1. The van der Waals surface area contributed by atoms with Gasteiger partial charge in [-0.15, -0.1) is 0 Å². The standard InChI is InChI=1S/C2H2O3/c1-5-2(3)4/h1H2/p+1. The third-order valence-electron chi connectivity index (χ3n) is 0.123. The molecule has 0 aliphatic heterocycles. The fourth-order valence-electron chi connectivity index (χ4n) is 0. The minimum atomic E-state index is -1.36. The van der Waals surface area contributed by atoms with Crippen LogP contribution in [0, 0.1) is 0 Å². The predicted octanol–water partition coefficient (Wildman–Crippen LogP) is 0.0288. The predicted molar refractivity (Wildman–Crippen MR) is 15.1 cm³/mol. The molecule has 0 radical (unpaired) electrons. The third-order valence-corrected chi connectivity index (χ3v) is 0.123. The van der Waals surface area contributed by atoms with E-state index in [4.69, 9.17) is 9.90 Å². The van der Waals surface area contributed by atoms with Gasteiger partial charge in [-0.2, -0.15) is 0 Å². The van der Waals surface area contributed by atoms with Gasteiger partial charge in [0.15, 0.2) is 0 Å². The molecule has 0 bridgehead atoms. The van der Waals surface area contributed by atoms with Crippen molar-refractivity contribution in [2.75, 3.05) is 0 Å².